The van der Waals surface area contributed by atoms with Gasteiger partial charge in [0.05, 0.1) is 22.5 Å². The van der Waals surface area contributed by atoms with Crippen molar-refractivity contribution >= 4 is 29.1 Å². The number of hydrogen-bond donors (Lipinski definition) is 1. The van der Waals surface area contributed by atoms with Crippen LogP contribution in [0.25, 0.3) is 10.9 Å². The average molecular weight is 483 g/mol. The molecule has 1 aliphatic heterocycles. The van der Waals surface area contributed by atoms with E-state index in [1.54, 1.807) is 30.7 Å². The molecule has 1 aliphatic rings. The van der Waals surface area contributed by atoms with Crippen molar-refractivity contribution in [1.29, 1.82) is 0 Å². The second-order valence-corrected chi connectivity index (χ2v) is 8.16. The lowest BCUT2D eigenvalue weighted by Crippen LogP contribution is -2.28. The topological polar surface area (TPSA) is 69.0 Å². The van der Waals surface area contributed by atoms with E-state index >= 15 is 0 Å². The summed E-state index contributed by atoms with van der Waals surface area (Å²) in [6, 6.07) is 5.25. The lowest BCUT2D eigenvalue weighted by Gasteiger charge is -2.25. The fraction of sp³-hybridized carbons (Fsp3) is 0.435. The Balaban J connectivity index is 0.00000306. The van der Waals surface area contributed by atoms with Crippen molar-refractivity contribution in [3.05, 3.63) is 63.3 Å². The van der Waals surface area contributed by atoms with Gasteiger partial charge in [-0.05, 0) is 50.8 Å². The van der Waals surface area contributed by atoms with Crippen LogP contribution in [0.5, 0.6) is 0 Å². The fourth-order valence-corrected chi connectivity index (χ4v) is 4.31. The third-order valence-electron chi connectivity index (χ3n) is 5.95. The Morgan fingerprint density at radius 1 is 1.18 bits per heavy atom. The summed E-state index contributed by atoms with van der Waals surface area (Å²) < 4.78 is 47.2. The molecule has 1 aromatic carbocycles. The number of benzene rings is 1. The molecular formula is C23H26ClF3N4O2. The van der Waals surface area contributed by atoms with Gasteiger partial charge in [0, 0.05) is 31.5 Å². The Labute approximate surface area is 195 Å². The third kappa shape index (κ3) is 5.14. The Morgan fingerprint density at radius 3 is 2.55 bits per heavy atom. The van der Waals surface area contributed by atoms with Gasteiger partial charge in [-0.3, -0.25) is 4.79 Å². The average Bonchev–Trinajstić information content (AvgIpc) is 2.73. The minimum atomic E-state index is -4.42. The lowest BCUT2D eigenvalue weighted by molar-refractivity contribution is -0.138. The van der Waals surface area contributed by atoms with Gasteiger partial charge in [0.1, 0.15) is 11.6 Å². The lowest BCUT2D eigenvalue weighted by atomic mass is 9.97. The largest absolute Gasteiger partial charge is 0.416 e. The number of aromatic nitrogens is 3. The maximum atomic E-state index is 13.4. The zero-order valence-electron chi connectivity index (χ0n) is 18.6. The van der Waals surface area contributed by atoms with Crippen LogP contribution in [0.2, 0.25) is 0 Å². The number of nitrogens with zero attached hydrogens (tertiary/aromatic N) is 3. The molecule has 3 heterocycles. The standard InChI is InChI=1S/C23H25F3N4O2.ClH/c1-13-17(5-4-6-19(13)23(24,25)26)14(2)27-22-18-12-30(16-7-9-32-10-8-16)21(31)11-20(18)28-15(3)29-22;/h4-6,11-12,14,16H,7-10H2,1-3H3,(H,27,28,29);1H/t14-;/m1./s1. The minimum Gasteiger partial charge on any atom is -0.381 e. The number of halogens is 4. The molecule has 1 saturated heterocycles. The van der Waals surface area contributed by atoms with E-state index < -0.39 is 17.8 Å². The molecule has 178 valence electrons. The van der Waals surface area contributed by atoms with Gasteiger partial charge in [0.15, 0.2) is 0 Å². The SMILES string of the molecule is Cc1nc(N[C@H](C)c2cccc(C(F)(F)F)c2C)c2cn(C3CCOCC3)c(=O)cc2n1.Cl. The van der Waals surface area contributed by atoms with Gasteiger partial charge in [-0.15, -0.1) is 12.4 Å². The number of fused-ring (bicyclic) bond motifs is 1. The number of nitrogens with one attached hydrogen (secondary N) is 1. The first kappa shape index (κ1) is 25.0. The fourth-order valence-electron chi connectivity index (χ4n) is 4.31. The van der Waals surface area contributed by atoms with Crippen LogP contribution in [0.4, 0.5) is 19.0 Å². The van der Waals surface area contributed by atoms with Crippen molar-refractivity contribution < 1.29 is 17.9 Å². The number of rotatable bonds is 4. The number of pyridine rings is 1. The van der Waals surface area contributed by atoms with E-state index in [1.165, 1.54) is 19.1 Å². The molecule has 6 nitrogen and oxygen atoms in total. The predicted molar refractivity (Wildman–Crippen MR) is 123 cm³/mol. The van der Waals surface area contributed by atoms with Gasteiger partial charge in [-0.1, -0.05) is 12.1 Å². The molecule has 10 heteroatoms. The van der Waals surface area contributed by atoms with Crippen LogP contribution in [-0.4, -0.2) is 27.7 Å². The summed E-state index contributed by atoms with van der Waals surface area (Å²) in [6.45, 7) is 6.17. The summed E-state index contributed by atoms with van der Waals surface area (Å²) in [6.07, 6.45) is -1.19. The molecule has 4 rings (SSSR count). The summed E-state index contributed by atoms with van der Waals surface area (Å²) >= 11 is 0. The number of alkyl halides is 3. The van der Waals surface area contributed by atoms with Crippen LogP contribution in [0.3, 0.4) is 0 Å². The van der Waals surface area contributed by atoms with Crippen LogP contribution in [-0.2, 0) is 10.9 Å². The maximum absolute atomic E-state index is 13.4. The molecule has 2 aromatic heterocycles. The van der Waals surface area contributed by atoms with Crippen molar-refractivity contribution in [2.45, 2.75) is 51.9 Å². The molecule has 0 bridgehead atoms. The second kappa shape index (κ2) is 9.69. The van der Waals surface area contributed by atoms with E-state index in [0.717, 1.165) is 18.9 Å². The maximum Gasteiger partial charge on any atom is 0.416 e. The molecule has 33 heavy (non-hydrogen) atoms. The number of hydrogen-bond acceptors (Lipinski definition) is 5. The van der Waals surface area contributed by atoms with Crippen molar-refractivity contribution in [2.75, 3.05) is 18.5 Å². The molecular weight excluding hydrogens is 457 g/mol. The van der Waals surface area contributed by atoms with Crippen molar-refractivity contribution in [3.63, 3.8) is 0 Å². The zero-order chi connectivity index (χ0) is 23.0. The molecule has 1 fully saturated rings. The molecule has 1 N–H and O–H groups in total. The van der Waals surface area contributed by atoms with E-state index in [-0.39, 0.29) is 29.6 Å². The first-order valence-corrected chi connectivity index (χ1v) is 10.6. The van der Waals surface area contributed by atoms with E-state index in [9.17, 15) is 18.0 Å². The van der Waals surface area contributed by atoms with Crippen LogP contribution in [0.15, 0.2) is 35.3 Å². The van der Waals surface area contributed by atoms with Gasteiger partial charge in [-0.2, -0.15) is 13.2 Å². The molecule has 3 aromatic rings. The molecule has 1 atom stereocenters. The number of ether oxygens (including phenoxy) is 1. The van der Waals surface area contributed by atoms with Gasteiger partial charge < -0.3 is 14.6 Å². The minimum absolute atomic E-state index is 0. The summed E-state index contributed by atoms with van der Waals surface area (Å²) in [4.78, 5) is 21.6. The Morgan fingerprint density at radius 2 is 1.88 bits per heavy atom. The van der Waals surface area contributed by atoms with E-state index in [4.69, 9.17) is 4.74 Å². The molecule has 0 saturated carbocycles. The molecule has 0 amide bonds. The summed E-state index contributed by atoms with van der Waals surface area (Å²) in [5.74, 6) is 0.953. The Kier molecular flexibility index (Phi) is 7.33. The summed E-state index contributed by atoms with van der Waals surface area (Å²) in [5.41, 5.74) is 0.411. The molecule has 0 unspecified atom stereocenters. The Hall–Kier alpha value is -2.65. The first-order chi connectivity index (χ1) is 15.1. The number of aryl methyl sites for hydroxylation is 1. The van der Waals surface area contributed by atoms with Crippen LogP contribution < -0.4 is 10.9 Å². The van der Waals surface area contributed by atoms with Gasteiger partial charge >= 0.3 is 6.18 Å². The van der Waals surface area contributed by atoms with E-state index in [2.05, 4.69) is 15.3 Å². The van der Waals surface area contributed by atoms with Gasteiger partial charge in [0.2, 0.25) is 0 Å². The smallest absolute Gasteiger partial charge is 0.381 e. The highest BCUT2D eigenvalue weighted by molar-refractivity contribution is 5.88. The highest BCUT2D eigenvalue weighted by Crippen LogP contribution is 2.35. The first-order valence-electron chi connectivity index (χ1n) is 10.6. The quantitative estimate of drug-likeness (QED) is 0.541. The second-order valence-electron chi connectivity index (χ2n) is 8.16. The Bertz CT molecular complexity index is 1210. The van der Waals surface area contributed by atoms with Gasteiger partial charge in [0.25, 0.3) is 5.56 Å². The molecule has 0 spiro atoms. The molecule has 0 radical (unpaired) electrons. The van der Waals surface area contributed by atoms with E-state index in [0.29, 0.717) is 41.3 Å². The van der Waals surface area contributed by atoms with Gasteiger partial charge in [-0.25, -0.2) is 9.97 Å². The highest BCUT2D eigenvalue weighted by atomic mass is 35.5. The monoisotopic (exact) mass is 482 g/mol. The van der Waals surface area contributed by atoms with Crippen molar-refractivity contribution in [1.82, 2.24) is 14.5 Å². The van der Waals surface area contributed by atoms with Crippen molar-refractivity contribution in [3.8, 4) is 0 Å². The number of anilines is 1. The summed E-state index contributed by atoms with van der Waals surface area (Å²) in [5, 5.41) is 3.90. The van der Waals surface area contributed by atoms with Crippen molar-refractivity contribution in [2.24, 2.45) is 0 Å². The summed E-state index contributed by atoms with van der Waals surface area (Å²) in [7, 11) is 0. The zero-order valence-corrected chi connectivity index (χ0v) is 19.4. The molecule has 0 aliphatic carbocycles. The van der Waals surface area contributed by atoms with Crippen LogP contribution in [0.1, 0.15) is 54.4 Å². The van der Waals surface area contributed by atoms with Crippen LogP contribution >= 0.6 is 12.4 Å². The predicted octanol–water partition coefficient (Wildman–Crippen LogP) is 5.37. The van der Waals surface area contributed by atoms with E-state index in [1.807, 2.05) is 0 Å². The highest BCUT2D eigenvalue weighted by Gasteiger charge is 2.33. The third-order valence-corrected chi connectivity index (χ3v) is 5.95. The van der Waals surface area contributed by atoms with Crippen LogP contribution in [0, 0.1) is 13.8 Å². The normalized spacial score (nSPS) is 15.8.